The van der Waals surface area contributed by atoms with Gasteiger partial charge < -0.3 is 14.6 Å². The summed E-state index contributed by atoms with van der Waals surface area (Å²) in [5.74, 6) is -3.29. The van der Waals surface area contributed by atoms with Crippen molar-refractivity contribution in [3.8, 4) is 0 Å². The summed E-state index contributed by atoms with van der Waals surface area (Å²) >= 11 is 0. The number of carbonyl (C=O) groups is 1. The van der Waals surface area contributed by atoms with Gasteiger partial charge in [0, 0.05) is 6.42 Å². The Morgan fingerprint density at radius 2 is 2.04 bits per heavy atom. The number of carboxylic acid groups (broad SMARTS) is 1. The van der Waals surface area contributed by atoms with Crippen molar-refractivity contribution in [2.24, 2.45) is 0 Å². The van der Waals surface area contributed by atoms with E-state index in [-0.39, 0.29) is 24.1 Å². The summed E-state index contributed by atoms with van der Waals surface area (Å²) in [7, 11) is -4.16. The maximum Gasteiger partial charge on any atom is 0.332 e. The molecule has 0 amide bonds. The Morgan fingerprint density at radius 3 is 2.64 bits per heavy atom. The summed E-state index contributed by atoms with van der Waals surface area (Å²) < 4.78 is 52.3. The van der Waals surface area contributed by atoms with Crippen LogP contribution in [-0.4, -0.2) is 43.7 Å². The SMILES string of the molecule is Cc1ccc(NS(=O)(=O)C2CCC3(C=C2C(=O)O)OCCO3)c(F)c1. The maximum absolute atomic E-state index is 13.9. The van der Waals surface area contributed by atoms with Gasteiger partial charge in [0.2, 0.25) is 10.0 Å². The number of aliphatic carboxylic acids is 1. The predicted octanol–water partition coefficient (Wildman–Crippen LogP) is 1.79. The van der Waals surface area contributed by atoms with E-state index in [0.29, 0.717) is 18.8 Å². The lowest BCUT2D eigenvalue weighted by Gasteiger charge is -2.32. The van der Waals surface area contributed by atoms with Crippen LogP contribution in [0, 0.1) is 12.7 Å². The van der Waals surface area contributed by atoms with Crippen LogP contribution in [0.3, 0.4) is 0 Å². The van der Waals surface area contributed by atoms with E-state index in [9.17, 15) is 22.7 Å². The number of hydrogen-bond donors (Lipinski definition) is 2. The Morgan fingerprint density at radius 1 is 1.36 bits per heavy atom. The summed E-state index contributed by atoms with van der Waals surface area (Å²) in [6.07, 6.45) is 1.40. The average Bonchev–Trinajstić information content (AvgIpc) is 2.97. The van der Waals surface area contributed by atoms with Crippen molar-refractivity contribution >= 4 is 21.7 Å². The van der Waals surface area contributed by atoms with Crippen molar-refractivity contribution in [2.75, 3.05) is 17.9 Å². The summed E-state index contributed by atoms with van der Waals surface area (Å²) in [6.45, 7) is 2.30. The zero-order chi connectivity index (χ0) is 18.2. The molecule has 25 heavy (non-hydrogen) atoms. The molecule has 1 aliphatic heterocycles. The molecule has 1 atom stereocenters. The molecule has 0 bridgehead atoms. The molecule has 3 rings (SSSR count). The second kappa shape index (κ2) is 6.40. The van der Waals surface area contributed by atoms with E-state index in [0.717, 1.165) is 0 Å². The molecular weight excluding hydrogens is 353 g/mol. The van der Waals surface area contributed by atoms with Crippen LogP contribution in [-0.2, 0) is 24.3 Å². The molecule has 2 aliphatic rings. The zero-order valence-electron chi connectivity index (χ0n) is 13.5. The minimum absolute atomic E-state index is 0.0129. The van der Waals surface area contributed by atoms with Crippen molar-refractivity contribution < 1.29 is 32.2 Å². The third kappa shape index (κ3) is 3.53. The Labute approximate surface area is 144 Å². The fourth-order valence-electron chi connectivity index (χ4n) is 3.04. The first kappa shape index (κ1) is 17.8. The van der Waals surface area contributed by atoms with Crippen LogP contribution in [0.25, 0.3) is 0 Å². The maximum atomic E-state index is 13.9. The van der Waals surface area contributed by atoms with Gasteiger partial charge in [0.1, 0.15) is 11.1 Å². The fraction of sp³-hybridized carbons (Fsp3) is 0.438. The highest BCUT2D eigenvalue weighted by atomic mass is 32.2. The number of carboxylic acids is 1. The Balaban J connectivity index is 1.92. The van der Waals surface area contributed by atoms with Crippen molar-refractivity contribution in [1.82, 2.24) is 0 Å². The van der Waals surface area contributed by atoms with Crippen LogP contribution < -0.4 is 4.72 Å². The van der Waals surface area contributed by atoms with Crippen molar-refractivity contribution in [3.05, 3.63) is 41.2 Å². The third-order valence-electron chi connectivity index (χ3n) is 4.25. The summed E-state index contributed by atoms with van der Waals surface area (Å²) in [5, 5.41) is 8.10. The molecule has 1 saturated heterocycles. The van der Waals surface area contributed by atoms with Gasteiger partial charge in [-0.05, 0) is 37.1 Å². The Kier molecular flexibility index (Phi) is 4.56. The smallest absolute Gasteiger partial charge is 0.332 e. The van der Waals surface area contributed by atoms with Crippen LogP contribution in [0.15, 0.2) is 29.8 Å². The number of aryl methyl sites for hydroxylation is 1. The molecule has 1 heterocycles. The van der Waals surface area contributed by atoms with Crippen molar-refractivity contribution in [3.63, 3.8) is 0 Å². The van der Waals surface area contributed by atoms with Crippen LogP contribution in [0.2, 0.25) is 0 Å². The molecule has 1 spiro atoms. The van der Waals surface area contributed by atoms with Crippen molar-refractivity contribution in [2.45, 2.75) is 30.8 Å². The molecule has 7 nitrogen and oxygen atoms in total. The molecule has 1 aliphatic carbocycles. The summed E-state index contributed by atoms with van der Waals surface area (Å²) in [5.41, 5.74) is 0.0823. The molecule has 0 aromatic heterocycles. The molecule has 1 fully saturated rings. The van der Waals surface area contributed by atoms with Gasteiger partial charge in [-0.2, -0.15) is 0 Å². The Bertz CT molecular complexity index is 829. The van der Waals surface area contributed by atoms with Gasteiger partial charge in [0.05, 0.1) is 24.5 Å². The highest BCUT2D eigenvalue weighted by Crippen LogP contribution is 2.37. The molecule has 0 saturated carbocycles. The van der Waals surface area contributed by atoms with E-state index in [4.69, 9.17) is 9.47 Å². The largest absolute Gasteiger partial charge is 0.478 e. The summed E-state index contributed by atoms with van der Waals surface area (Å²) in [6, 6.07) is 4.06. The van der Waals surface area contributed by atoms with Gasteiger partial charge in [-0.1, -0.05) is 6.07 Å². The minimum atomic E-state index is -4.16. The molecule has 136 valence electrons. The number of ether oxygens (including phenoxy) is 2. The van der Waals surface area contributed by atoms with Gasteiger partial charge in [-0.25, -0.2) is 17.6 Å². The Hall–Kier alpha value is -1.97. The molecule has 1 aromatic carbocycles. The lowest BCUT2D eigenvalue weighted by molar-refractivity contribution is -0.138. The number of nitrogens with one attached hydrogen (secondary N) is 1. The topological polar surface area (TPSA) is 102 Å². The molecular formula is C16H18FNO6S. The monoisotopic (exact) mass is 371 g/mol. The van der Waals surface area contributed by atoms with E-state index >= 15 is 0 Å². The van der Waals surface area contributed by atoms with E-state index < -0.39 is 32.8 Å². The lowest BCUT2D eigenvalue weighted by Crippen LogP contribution is -2.41. The summed E-state index contributed by atoms with van der Waals surface area (Å²) in [4.78, 5) is 11.6. The van der Waals surface area contributed by atoms with Gasteiger partial charge >= 0.3 is 5.97 Å². The second-order valence-electron chi connectivity index (χ2n) is 6.07. The van der Waals surface area contributed by atoms with Gasteiger partial charge in [-0.3, -0.25) is 4.72 Å². The molecule has 1 aromatic rings. The number of halogens is 1. The normalized spacial score (nSPS) is 22.6. The van der Waals surface area contributed by atoms with E-state index in [1.165, 1.54) is 18.2 Å². The first-order valence-electron chi connectivity index (χ1n) is 7.74. The zero-order valence-corrected chi connectivity index (χ0v) is 14.3. The number of anilines is 1. The molecule has 0 radical (unpaired) electrons. The highest BCUT2D eigenvalue weighted by molar-refractivity contribution is 7.93. The number of rotatable bonds is 4. The van der Waals surface area contributed by atoms with Crippen molar-refractivity contribution in [1.29, 1.82) is 0 Å². The van der Waals surface area contributed by atoms with Crippen LogP contribution in [0.1, 0.15) is 18.4 Å². The first-order valence-corrected chi connectivity index (χ1v) is 9.29. The van der Waals surface area contributed by atoms with Crippen LogP contribution in [0.5, 0.6) is 0 Å². The van der Waals surface area contributed by atoms with Crippen LogP contribution >= 0.6 is 0 Å². The fourth-order valence-corrected chi connectivity index (χ4v) is 4.58. The first-order chi connectivity index (χ1) is 11.7. The molecule has 2 N–H and O–H groups in total. The number of benzene rings is 1. The highest BCUT2D eigenvalue weighted by Gasteiger charge is 2.45. The van der Waals surface area contributed by atoms with Gasteiger partial charge in [0.25, 0.3) is 0 Å². The van der Waals surface area contributed by atoms with E-state index in [1.807, 2.05) is 0 Å². The van der Waals surface area contributed by atoms with Gasteiger partial charge in [-0.15, -0.1) is 0 Å². The van der Waals surface area contributed by atoms with Crippen LogP contribution in [0.4, 0.5) is 10.1 Å². The van der Waals surface area contributed by atoms with E-state index in [2.05, 4.69) is 4.72 Å². The predicted molar refractivity (Wildman–Crippen MR) is 87.1 cm³/mol. The third-order valence-corrected chi connectivity index (χ3v) is 5.99. The number of sulfonamides is 1. The quantitative estimate of drug-likeness (QED) is 0.837. The standard InChI is InChI=1S/C16H18FNO6S/c1-10-2-3-13(12(17)8-10)18-25(21,22)14-4-5-16(23-6-7-24-16)9-11(14)15(19)20/h2-3,8-9,14,18H,4-7H2,1H3,(H,19,20). The average molecular weight is 371 g/mol. The van der Waals surface area contributed by atoms with E-state index in [1.54, 1.807) is 13.0 Å². The molecule has 1 unspecified atom stereocenters. The second-order valence-corrected chi connectivity index (χ2v) is 7.93. The number of hydrogen-bond acceptors (Lipinski definition) is 5. The minimum Gasteiger partial charge on any atom is -0.478 e. The lowest BCUT2D eigenvalue weighted by atomic mass is 9.94. The van der Waals surface area contributed by atoms with Gasteiger partial charge in [0.15, 0.2) is 5.79 Å². The molecule has 9 heteroatoms.